The van der Waals surface area contributed by atoms with Gasteiger partial charge in [0.25, 0.3) is 0 Å². The molecule has 0 spiro atoms. The van der Waals surface area contributed by atoms with E-state index >= 15 is 0 Å². The van der Waals surface area contributed by atoms with Gasteiger partial charge in [0, 0.05) is 0 Å². The van der Waals surface area contributed by atoms with E-state index in [4.69, 9.17) is 4.53 Å². The standard InChI is InChI=1S/C20H17NO2Si/c22-17-16-21-23-24(18-10-4-1-5-11-18,19-12-6-2-7-13-19)20-14-8-3-9-15-20/h1-17H. The van der Waals surface area contributed by atoms with Crippen LogP contribution < -0.4 is 15.6 Å². The molecule has 0 aliphatic rings. The SMILES string of the molecule is O=CC=NO[Si](c1ccccc1)(c1ccccc1)c1ccccc1. The lowest BCUT2D eigenvalue weighted by atomic mass is 10.3. The van der Waals surface area contributed by atoms with E-state index in [1.54, 1.807) is 0 Å². The summed E-state index contributed by atoms with van der Waals surface area (Å²) in [6, 6.07) is 30.3. The fourth-order valence-corrected chi connectivity index (χ4v) is 6.33. The van der Waals surface area contributed by atoms with Crippen molar-refractivity contribution in [3.05, 3.63) is 91.0 Å². The molecule has 3 aromatic carbocycles. The Hall–Kier alpha value is -2.98. The fourth-order valence-electron chi connectivity index (χ4n) is 2.81. The van der Waals surface area contributed by atoms with Gasteiger partial charge >= 0.3 is 8.32 Å². The summed E-state index contributed by atoms with van der Waals surface area (Å²) in [6.45, 7) is 0. The Bertz CT molecular complexity index is 708. The van der Waals surface area contributed by atoms with Crippen LogP contribution in [0.5, 0.6) is 0 Å². The molecule has 0 aliphatic heterocycles. The van der Waals surface area contributed by atoms with Crippen LogP contribution in [-0.4, -0.2) is 20.8 Å². The number of carbonyl (C=O) groups is 1. The Morgan fingerprint density at radius 3 is 1.38 bits per heavy atom. The van der Waals surface area contributed by atoms with E-state index < -0.39 is 8.32 Å². The summed E-state index contributed by atoms with van der Waals surface area (Å²) in [4.78, 5) is 10.7. The zero-order chi connectivity index (χ0) is 16.7. The van der Waals surface area contributed by atoms with Crippen molar-refractivity contribution in [3.8, 4) is 0 Å². The van der Waals surface area contributed by atoms with Crippen LogP contribution in [-0.2, 0) is 9.32 Å². The highest BCUT2D eigenvalue weighted by atomic mass is 28.4. The molecule has 0 radical (unpaired) electrons. The molecule has 3 aromatic rings. The minimum Gasteiger partial charge on any atom is -0.438 e. The Balaban J connectivity index is 2.28. The molecule has 0 N–H and O–H groups in total. The van der Waals surface area contributed by atoms with Crippen LogP contribution in [0.3, 0.4) is 0 Å². The maximum Gasteiger partial charge on any atom is 0.380 e. The van der Waals surface area contributed by atoms with Gasteiger partial charge in [-0.3, -0.25) is 4.79 Å². The van der Waals surface area contributed by atoms with Crippen LogP contribution in [0.15, 0.2) is 96.2 Å². The van der Waals surface area contributed by atoms with Crippen LogP contribution in [0.25, 0.3) is 0 Å². The summed E-state index contributed by atoms with van der Waals surface area (Å²) in [5.74, 6) is 0. The van der Waals surface area contributed by atoms with E-state index in [9.17, 15) is 4.79 Å². The first-order valence-electron chi connectivity index (χ1n) is 7.70. The minimum atomic E-state index is -2.82. The molecule has 0 atom stereocenters. The second-order valence-corrected chi connectivity index (χ2v) is 8.54. The van der Waals surface area contributed by atoms with Crippen molar-refractivity contribution < 1.29 is 9.32 Å². The van der Waals surface area contributed by atoms with Crippen LogP contribution in [0.4, 0.5) is 0 Å². The van der Waals surface area contributed by atoms with Crippen molar-refractivity contribution in [3.63, 3.8) is 0 Å². The number of benzene rings is 3. The van der Waals surface area contributed by atoms with E-state index in [0.29, 0.717) is 6.29 Å². The smallest absolute Gasteiger partial charge is 0.380 e. The predicted molar refractivity (Wildman–Crippen MR) is 99.6 cm³/mol. The van der Waals surface area contributed by atoms with Gasteiger partial charge in [-0.1, -0.05) is 91.0 Å². The zero-order valence-corrected chi connectivity index (χ0v) is 14.1. The maximum atomic E-state index is 10.7. The van der Waals surface area contributed by atoms with Gasteiger partial charge in [0.15, 0.2) is 6.29 Å². The third-order valence-electron chi connectivity index (χ3n) is 3.85. The molecular weight excluding hydrogens is 314 g/mol. The fraction of sp³-hybridized carbons (Fsp3) is 0. The van der Waals surface area contributed by atoms with Crippen LogP contribution >= 0.6 is 0 Å². The Kier molecular flexibility index (Phi) is 4.98. The summed E-state index contributed by atoms with van der Waals surface area (Å²) in [5.41, 5.74) is 0. The summed E-state index contributed by atoms with van der Waals surface area (Å²) in [7, 11) is -2.82. The molecule has 0 unspecified atom stereocenters. The second kappa shape index (κ2) is 7.52. The van der Waals surface area contributed by atoms with Gasteiger partial charge in [-0.25, -0.2) is 0 Å². The third kappa shape index (κ3) is 3.05. The van der Waals surface area contributed by atoms with E-state index in [1.807, 2.05) is 54.6 Å². The summed E-state index contributed by atoms with van der Waals surface area (Å²) < 4.78 is 6.11. The highest BCUT2D eigenvalue weighted by molar-refractivity contribution is 7.07. The highest BCUT2D eigenvalue weighted by Crippen LogP contribution is 2.09. The molecule has 24 heavy (non-hydrogen) atoms. The molecule has 0 bridgehead atoms. The van der Waals surface area contributed by atoms with Gasteiger partial charge in [-0.15, -0.1) is 5.16 Å². The van der Waals surface area contributed by atoms with Crippen molar-refractivity contribution in [2.24, 2.45) is 5.16 Å². The maximum absolute atomic E-state index is 10.7. The molecule has 3 rings (SSSR count). The molecular formula is C20H17NO2Si. The van der Waals surface area contributed by atoms with Crippen LogP contribution in [0, 0.1) is 0 Å². The van der Waals surface area contributed by atoms with Crippen molar-refractivity contribution >= 4 is 36.4 Å². The minimum absolute atomic E-state index is 0.625. The first-order valence-corrected chi connectivity index (χ1v) is 9.60. The Labute approximate surface area is 142 Å². The first-order chi connectivity index (χ1) is 11.9. The Morgan fingerprint density at radius 1 is 0.667 bits per heavy atom. The van der Waals surface area contributed by atoms with Gasteiger partial charge < -0.3 is 4.53 Å². The third-order valence-corrected chi connectivity index (χ3v) is 7.67. The molecule has 0 aliphatic carbocycles. The zero-order valence-electron chi connectivity index (χ0n) is 13.1. The number of oxime groups is 1. The van der Waals surface area contributed by atoms with Crippen molar-refractivity contribution in [1.29, 1.82) is 0 Å². The normalized spacial score (nSPS) is 11.3. The van der Waals surface area contributed by atoms with E-state index in [1.165, 1.54) is 0 Å². The summed E-state index contributed by atoms with van der Waals surface area (Å²) in [5, 5.41) is 7.18. The van der Waals surface area contributed by atoms with Gasteiger partial charge in [-0.05, 0) is 15.6 Å². The number of aldehydes is 1. The molecule has 0 aromatic heterocycles. The lowest BCUT2D eigenvalue weighted by Gasteiger charge is -2.29. The Morgan fingerprint density at radius 2 is 1.04 bits per heavy atom. The number of rotatable bonds is 6. The molecule has 118 valence electrons. The predicted octanol–water partition coefficient (Wildman–Crippen LogP) is 1.85. The van der Waals surface area contributed by atoms with Crippen molar-refractivity contribution in [1.82, 2.24) is 0 Å². The van der Waals surface area contributed by atoms with E-state index in [0.717, 1.165) is 21.8 Å². The lowest BCUT2D eigenvalue weighted by Crippen LogP contribution is -2.68. The molecule has 0 saturated heterocycles. The van der Waals surface area contributed by atoms with E-state index in [-0.39, 0.29) is 0 Å². The largest absolute Gasteiger partial charge is 0.438 e. The number of nitrogens with zero attached hydrogens (tertiary/aromatic N) is 1. The summed E-state index contributed by atoms with van der Waals surface area (Å²) in [6.07, 6.45) is 1.77. The average molecular weight is 331 g/mol. The number of carbonyl (C=O) groups excluding carboxylic acids is 1. The second-order valence-electron chi connectivity index (χ2n) is 5.26. The van der Waals surface area contributed by atoms with Crippen molar-refractivity contribution in [2.75, 3.05) is 0 Å². The van der Waals surface area contributed by atoms with E-state index in [2.05, 4.69) is 41.6 Å². The van der Waals surface area contributed by atoms with Crippen LogP contribution in [0.2, 0.25) is 0 Å². The number of hydrogen-bond donors (Lipinski definition) is 0. The molecule has 3 nitrogen and oxygen atoms in total. The van der Waals surface area contributed by atoms with Gasteiger partial charge in [-0.2, -0.15) is 0 Å². The van der Waals surface area contributed by atoms with Gasteiger partial charge in [0.05, 0.1) is 0 Å². The van der Waals surface area contributed by atoms with Gasteiger partial charge in [0.1, 0.15) is 6.21 Å². The topological polar surface area (TPSA) is 38.7 Å². The first kappa shape index (κ1) is 15.9. The highest BCUT2D eigenvalue weighted by Gasteiger charge is 2.44. The molecule has 4 heteroatoms. The van der Waals surface area contributed by atoms with Crippen molar-refractivity contribution in [2.45, 2.75) is 0 Å². The molecule has 0 saturated carbocycles. The number of hydrogen-bond acceptors (Lipinski definition) is 3. The molecule has 0 amide bonds. The average Bonchev–Trinajstić information content (AvgIpc) is 2.68. The summed E-state index contributed by atoms with van der Waals surface area (Å²) >= 11 is 0. The molecule has 0 heterocycles. The van der Waals surface area contributed by atoms with Gasteiger partial charge in [0.2, 0.25) is 0 Å². The quantitative estimate of drug-likeness (QED) is 0.227. The van der Waals surface area contributed by atoms with Crippen LogP contribution in [0.1, 0.15) is 0 Å². The lowest BCUT2D eigenvalue weighted by molar-refractivity contribution is -0.102. The molecule has 0 fully saturated rings. The monoisotopic (exact) mass is 331 g/mol.